The van der Waals surface area contributed by atoms with Crippen molar-refractivity contribution < 1.29 is 18.3 Å². The molecule has 0 saturated heterocycles. The standard InChI is InChI=1S/C8H10F3NOS/c9-8(10,11)2-1-6(13)5-7-12-3-4-14-7/h3-4,6,13H,1-2,5H2. The van der Waals surface area contributed by atoms with Crippen LogP contribution in [0.3, 0.4) is 0 Å². The van der Waals surface area contributed by atoms with Crippen LogP contribution in [0.5, 0.6) is 0 Å². The molecule has 1 rings (SSSR count). The molecule has 0 aliphatic rings. The van der Waals surface area contributed by atoms with Crippen molar-refractivity contribution in [3.63, 3.8) is 0 Å². The molecule has 0 spiro atoms. The van der Waals surface area contributed by atoms with Crippen molar-refractivity contribution in [1.29, 1.82) is 0 Å². The summed E-state index contributed by atoms with van der Waals surface area (Å²) in [5, 5.41) is 11.6. The molecule has 1 unspecified atom stereocenters. The minimum Gasteiger partial charge on any atom is -0.393 e. The molecule has 1 N–H and O–H groups in total. The summed E-state index contributed by atoms with van der Waals surface area (Å²) in [6.07, 6.45) is -4.58. The van der Waals surface area contributed by atoms with Crippen molar-refractivity contribution in [2.75, 3.05) is 0 Å². The summed E-state index contributed by atoms with van der Waals surface area (Å²) < 4.78 is 35.3. The van der Waals surface area contributed by atoms with Gasteiger partial charge in [0.15, 0.2) is 0 Å². The van der Waals surface area contributed by atoms with Crippen LogP contribution in [0.15, 0.2) is 11.6 Å². The minimum absolute atomic E-state index is 0.202. The van der Waals surface area contributed by atoms with E-state index >= 15 is 0 Å². The molecule has 0 saturated carbocycles. The minimum atomic E-state index is -4.19. The smallest absolute Gasteiger partial charge is 0.389 e. The van der Waals surface area contributed by atoms with E-state index in [1.165, 1.54) is 11.3 Å². The van der Waals surface area contributed by atoms with E-state index in [-0.39, 0.29) is 12.8 Å². The number of nitrogens with zero attached hydrogens (tertiary/aromatic N) is 1. The van der Waals surface area contributed by atoms with Crippen molar-refractivity contribution in [3.8, 4) is 0 Å². The first-order chi connectivity index (χ1) is 6.47. The summed E-state index contributed by atoms with van der Waals surface area (Å²) >= 11 is 1.33. The number of rotatable bonds is 4. The van der Waals surface area contributed by atoms with Gasteiger partial charge in [-0.1, -0.05) is 0 Å². The van der Waals surface area contributed by atoms with E-state index in [2.05, 4.69) is 4.98 Å². The third-order valence-corrected chi connectivity index (χ3v) is 2.46. The lowest BCUT2D eigenvalue weighted by Gasteiger charge is -2.10. The van der Waals surface area contributed by atoms with E-state index in [4.69, 9.17) is 0 Å². The predicted octanol–water partition coefficient (Wildman–Crippen LogP) is 2.39. The van der Waals surface area contributed by atoms with Crippen molar-refractivity contribution in [2.45, 2.75) is 31.5 Å². The zero-order valence-corrected chi connectivity index (χ0v) is 8.11. The van der Waals surface area contributed by atoms with Gasteiger partial charge in [0.25, 0.3) is 0 Å². The highest BCUT2D eigenvalue weighted by atomic mass is 32.1. The van der Waals surface area contributed by atoms with Crippen molar-refractivity contribution in [1.82, 2.24) is 4.98 Å². The molecule has 14 heavy (non-hydrogen) atoms. The molecule has 0 aliphatic heterocycles. The maximum Gasteiger partial charge on any atom is 0.389 e. The van der Waals surface area contributed by atoms with Crippen molar-refractivity contribution >= 4 is 11.3 Å². The van der Waals surface area contributed by atoms with E-state index < -0.39 is 18.7 Å². The van der Waals surface area contributed by atoms with Crippen LogP contribution in [0.1, 0.15) is 17.8 Å². The molecule has 2 nitrogen and oxygen atoms in total. The summed E-state index contributed by atoms with van der Waals surface area (Å²) in [5.74, 6) is 0. The van der Waals surface area contributed by atoms with Gasteiger partial charge in [-0.25, -0.2) is 4.98 Å². The SMILES string of the molecule is OC(CCC(F)(F)F)Cc1nccs1. The Labute approximate surface area is 83.4 Å². The molecule has 0 aliphatic carbocycles. The molecule has 0 fully saturated rings. The van der Waals surface area contributed by atoms with E-state index in [9.17, 15) is 18.3 Å². The molecule has 1 heterocycles. The maximum atomic E-state index is 11.8. The van der Waals surface area contributed by atoms with Gasteiger partial charge in [0.2, 0.25) is 0 Å². The predicted molar refractivity (Wildman–Crippen MR) is 47.1 cm³/mol. The third kappa shape index (κ3) is 4.57. The highest BCUT2D eigenvalue weighted by Crippen LogP contribution is 2.23. The summed E-state index contributed by atoms with van der Waals surface area (Å²) in [5.41, 5.74) is 0. The molecular weight excluding hydrogens is 215 g/mol. The zero-order chi connectivity index (χ0) is 10.6. The second kappa shape index (κ2) is 4.75. The quantitative estimate of drug-likeness (QED) is 0.853. The van der Waals surface area contributed by atoms with Crippen LogP contribution in [-0.4, -0.2) is 22.4 Å². The van der Waals surface area contributed by atoms with E-state index in [1.54, 1.807) is 11.6 Å². The van der Waals surface area contributed by atoms with Gasteiger partial charge in [0, 0.05) is 24.4 Å². The van der Waals surface area contributed by atoms with Gasteiger partial charge in [-0.05, 0) is 6.42 Å². The van der Waals surface area contributed by atoms with Crippen LogP contribution in [0.25, 0.3) is 0 Å². The normalized spacial score (nSPS) is 14.3. The Morgan fingerprint density at radius 2 is 2.21 bits per heavy atom. The average Bonchev–Trinajstić information content (AvgIpc) is 2.52. The number of alkyl halides is 3. The number of hydrogen-bond donors (Lipinski definition) is 1. The summed E-state index contributed by atoms with van der Waals surface area (Å²) in [4.78, 5) is 3.88. The van der Waals surface area contributed by atoms with Gasteiger partial charge in [-0.2, -0.15) is 13.2 Å². The fourth-order valence-electron chi connectivity index (χ4n) is 0.988. The van der Waals surface area contributed by atoms with Crippen LogP contribution in [0, 0.1) is 0 Å². The molecule has 1 atom stereocenters. The van der Waals surface area contributed by atoms with Crippen molar-refractivity contribution in [3.05, 3.63) is 16.6 Å². The topological polar surface area (TPSA) is 33.1 Å². The number of hydrogen-bond acceptors (Lipinski definition) is 3. The van der Waals surface area contributed by atoms with Crippen LogP contribution in [0.4, 0.5) is 13.2 Å². The largest absolute Gasteiger partial charge is 0.393 e. The van der Waals surface area contributed by atoms with E-state index in [0.29, 0.717) is 5.01 Å². The zero-order valence-electron chi connectivity index (χ0n) is 7.29. The number of aliphatic hydroxyl groups is 1. The summed E-state index contributed by atoms with van der Waals surface area (Å²) in [7, 11) is 0. The highest BCUT2D eigenvalue weighted by Gasteiger charge is 2.27. The van der Waals surface area contributed by atoms with E-state index in [0.717, 1.165) is 0 Å². The molecule has 6 heteroatoms. The lowest BCUT2D eigenvalue weighted by molar-refractivity contribution is -0.139. The molecule has 0 aromatic carbocycles. The van der Waals surface area contributed by atoms with Crippen molar-refractivity contribution in [2.24, 2.45) is 0 Å². The van der Waals surface area contributed by atoms with E-state index in [1.807, 2.05) is 0 Å². The summed E-state index contributed by atoms with van der Waals surface area (Å²) in [6, 6.07) is 0. The van der Waals surface area contributed by atoms with Gasteiger partial charge in [0.05, 0.1) is 11.1 Å². The first kappa shape index (κ1) is 11.5. The first-order valence-corrected chi connectivity index (χ1v) is 4.98. The molecular formula is C8H10F3NOS. The Bertz CT molecular complexity index is 260. The fraction of sp³-hybridized carbons (Fsp3) is 0.625. The van der Waals surface area contributed by atoms with Gasteiger partial charge < -0.3 is 5.11 Å². The van der Waals surface area contributed by atoms with Gasteiger partial charge in [-0.3, -0.25) is 0 Å². The number of aromatic nitrogens is 1. The molecule has 80 valence electrons. The number of aliphatic hydroxyl groups excluding tert-OH is 1. The lowest BCUT2D eigenvalue weighted by Crippen LogP contribution is -2.16. The second-order valence-corrected chi connectivity index (χ2v) is 3.92. The Morgan fingerprint density at radius 1 is 1.50 bits per heavy atom. The molecule has 1 aromatic rings. The highest BCUT2D eigenvalue weighted by molar-refractivity contribution is 7.09. The molecule has 0 bridgehead atoms. The van der Waals surface area contributed by atoms with Gasteiger partial charge >= 0.3 is 6.18 Å². The van der Waals surface area contributed by atoms with Gasteiger partial charge in [0.1, 0.15) is 0 Å². The van der Waals surface area contributed by atoms with Crippen LogP contribution < -0.4 is 0 Å². The monoisotopic (exact) mass is 225 g/mol. The Kier molecular flexibility index (Phi) is 3.88. The van der Waals surface area contributed by atoms with Crippen LogP contribution in [-0.2, 0) is 6.42 Å². The summed E-state index contributed by atoms with van der Waals surface area (Å²) in [6.45, 7) is 0. The Balaban J connectivity index is 2.26. The molecule has 1 aromatic heterocycles. The van der Waals surface area contributed by atoms with Gasteiger partial charge in [-0.15, -0.1) is 11.3 Å². The molecule has 0 amide bonds. The third-order valence-electron chi connectivity index (χ3n) is 1.65. The maximum absolute atomic E-state index is 11.8. The number of thiazole rings is 1. The fourth-order valence-corrected chi connectivity index (χ4v) is 1.68. The first-order valence-electron chi connectivity index (χ1n) is 4.10. The lowest BCUT2D eigenvalue weighted by atomic mass is 10.1. The Hall–Kier alpha value is -0.620. The van der Waals surface area contributed by atoms with Crippen LogP contribution >= 0.6 is 11.3 Å². The second-order valence-electron chi connectivity index (χ2n) is 2.94. The average molecular weight is 225 g/mol. The molecule has 0 radical (unpaired) electrons. The Morgan fingerprint density at radius 3 is 2.71 bits per heavy atom. The van der Waals surface area contributed by atoms with Crippen LogP contribution in [0.2, 0.25) is 0 Å². The number of halogens is 3.